The fourth-order valence-electron chi connectivity index (χ4n) is 3.96. The lowest BCUT2D eigenvalue weighted by Crippen LogP contribution is -2.57. The molecule has 15 nitrogen and oxygen atoms in total. The van der Waals surface area contributed by atoms with Crippen molar-refractivity contribution < 1.29 is 29.1 Å². The van der Waals surface area contributed by atoms with Crippen molar-refractivity contribution in [2.24, 2.45) is 27.9 Å². The number of hydrogen-bond donors (Lipinski definition) is 10. The second-order valence-corrected chi connectivity index (χ2v) is 9.69. The van der Waals surface area contributed by atoms with Gasteiger partial charge in [-0.1, -0.05) is 18.2 Å². The van der Waals surface area contributed by atoms with E-state index in [1.54, 1.807) is 6.20 Å². The summed E-state index contributed by atoms with van der Waals surface area (Å²) in [6.07, 6.45) is 1.74. The monoisotopic (exact) mass is 591 g/mol. The number of primary amides is 1. The number of para-hydroxylation sites is 1. The number of aromatic amines is 1. The van der Waals surface area contributed by atoms with E-state index in [1.807, 2.05) is 24.3 Å². The van der Waals surface area contributed by atoms with Crippen LogP contribution in [0.2, 0.25) is 0 Å². The summed E-state index contributed by atoms with van der Waals surface area (Å²) < 4.78 is 0. The first kappa shape index (κ1) is 32.9. The number of guanidine groups is 1. The molecule has 1 aromatic carbocycles. The van der Waals surface area contributed by atoms with Gasteiger partial charge in [0.1, 0.15) is 18.1 Å². The molecule has 0 saturated carbocycles. The largest absolute Gasteiger partial charge is 0.480 e. The summed E-state index contributed by atoms with van der Waals surface area (Å²) >= 11 is 4.16. The number of carboxylic acids is 1. The third-order valence-electron chi connectivity index (χ3n) is 6.14. The van der Waals surface area contributed by atoms with Crippen LogP contribution in [0, 0.1) is 0 Å². The van der Waals surface area contributed by atoms with Crippen molar-refractivity contribution in [3.63, 3.8) is 0 Å². The number of carbonyl (C=O) groups excluding carboxylic acids is 4. The second kappa shape index (κ2) is 16.1. The van der Waals surface area contributed by atoms with Crippen LogP contribution in [0.15, 0.2) is 35.5 Å². The Balaban J connectivity index is 2.08. The van der Waals surface area contributed by atoms with Crippen LogP contribution in [0.4, 0.5) is 0 Å². The third-order valence-corrected chi connectivity index (χ3v) is 6.50. The number of aliphatic imine (C=N–C) groups is 1. The number of thiol groups is 1. The molecule has 0 aliphatic heterocycles. The lowest BCUT2D eigenvalue weighted by atomic mass is 10.0. The summed E-state index contributed by atoms with van der Waals surface area (Å²) in [5.41, 5.74) is 23.6. The summed E-state index contributed by atoms with van der Waals surface area (Å²) in [7, 11) is 0. The lowest BCUT2D eigenvalue weighted by Gasteiger charge is -2.24. The van der Waals surface area contributed by atoms with Crippen LogP contribution in [0.3, 0.4) is 0 Å². The van der Waals surface area contributed by atoms with Crippen molar-refractivity contribution >= 4 is 59.1 Å². The number of carbonyl (C=O) groups is 5. The maximum Gasteiger partial charge on any atom is 0.326 e. The Morgan fingerprint density at radius 2 is 1.56 bits per heavy atom. The number of aromatic nitrogens is 1. The minimum atomic E-state index is -1.42. The van der Waals surface area contributed by atoms with Crippen LogP contribution in [-0.4, -0.2) is 82.1 Å². The van der Waals surface area contributed by atoms with Gasteiger partial charge in [0, 0.05) is 35.8 Å². The van der Waals surface area contributed by atoms with E-state index in [0.717, 1.165) is 16.5 Å². The summed E-state index contributed by atoms with van der Waals surface area (Å²) in [5, 5.41) is 17.7. The number of carboxylic acid groups (broad SMARTS) is 1. The van der Waals surface area contributed by atoms with Gasteiger partial charge in [-0.2, -0.15) is 12.6 Å². The van der Waals surface area contributed by atoms with Crippen molar-refractivity contribution in [1.29, 1.82) is 0 Å². The van der Waals surface area contributed by atoms with Crippen molar-refractivity contribution in [3.05, 3.63) is 36.0 Å². The van der Waals surface area contributed by atoms with Gasteiger partial charge in [-0.3, -0.25) is 24.2 Å². The van der Waals surface area contributed by atoms with Crippen molar-refractivity contribution in [2.45, 2.75) is 56.3 Å². The standard InChI is InChI=1S/C25H37N9O6S/c26-15(10-13-11-31-16-5-2-1-4-14(13)16)21(36)34-19(12-41)23(38)32-17(6-3-9-30-25(28)29)22(37)33-18(24(39)40)7-8-20(27)35/h1-2,4-5,11,15,17-19,31,41H,3,6-10,12,26H2,(H2,27,35)(H,32,38)(H,33,37)(H,34,36)(H,39,40)(H4,28,29,30). The first-order valence-corrected chi connectivity index (χ1v) is 13.4. The molecule has 2 rings (SSSR count). The topological polar surface area (TPSA) is 274 Å². The molecule has 0 radical (unpaired) electrons. The molecule has 224 valence electrons. The van der Waals surface area contributed by atoms with E-state index >= 15 is 0 Å². The Hall–Kier alpha value is -4.31. The molecule has 41 heavy (non-hydrogen) atoms. The summed E-state index contributed by atoms with van der Waals surface area (Å²) in [4.78, 5) is 68.5. The maximum absolute atomic E-state index is 13.1. The highest BCUT2D eigenvalue weighted by molar-refractivity contribution is 7.80. The number of H-pyrrole nitrogens is 1. The molecule has 1 heterocycles. The van der Waals surface area contributed by atoms with Gasteiger partial charge in [0.15, 0.2) is 5.96 Å². The average Bonchev–Trinajstić information content (AvgIpc) is 3.32. The summed E-state index contributed by atoms with van der Waals surface area (Å²) in [5.74, 6) is -4.54. The van der Waals surface area contributed by atoms with Gasteiger partial charge < -0.3 is 49.0 Å². The first-order valence-electron chi connectivity index (χ1n) is 12.8. The number of rotatable bonds is 17. The molecule has 4 unspecified atom stereocenters. The molecule has 16 heteroatoms. The number of amides is 4. The Bertz CT molecular complexity index is 1260. The van der Waals surface area contributed by atoms with E-state index < -0.39 is 53.8 Å². The van der Waals surface area contributed by atoms with Crippen LogP contribution in [0.25, 0.3) is 10.9 Å². The highest BCUT2D eigenvalue weighted by atomic mass is 32.1. The van der Waals surface area contributed by atoms with Crippen molar-refractivity contribution in [3.8, 4) is 0 Å². The first-order chi connectivity index (χ1) is 19.4. The fraction of sp³-hybridized carbons (Fsp3) is 0.440. The number of nitrogens with one attached hydrogen (secondary N) is 4. The molecule has 0 saturated heterocycles. The van der Waals surface area contributed by atoms with Crippen LogP contribution in [0.1, 0.15) is 31.2 Å². The van der Waals surface area contributed by atoms with E-state index in [9.17, 15) is 29.1 Å². The molecule has 4 amide bonds. The normalized spacial score (nSPS) is 13.8. The van der Waals surface area contributed by atoms with Gasteiger partial charge in [-0.05, 0) is 37.3 Å². The van der Waals surface area contributed by atoms with Crippen molar-refractivity contribution in [2.75, 3.05) is 12.3 Å². The number of fused-ring (bicyclic) bond motifs is 1. The zero-order chi connectivity index (χ0) is 30.5. The predicted molar refractivity (Wildman–Crippen MR) is 156 cm³/mol. The van der Waals surface area contributed by atoms with E-state index in [2.05, 4.69) is 38.6 Å². The van der Waals surface area contributed by atoms with Crippen molar-refractivity contribution in [1.82, 2.24) is 20.9 Å². The van der Waals surface area contributed by atoms with Gasteiger partial charge in [-0.25, -0.2) is 4.79 Å². The van der Waals surface area contributed by atoms with Crippen LogP contribution in [-0.2, 0) is 30.4 Å². The number of nitrogens with two attached hydrogens (primary N) is 4. The van der Waals surface area contributed by atoms with Gasteiger partial charge in [0.05, 0.1) is 6.04 Å². The molecule has 13 N–H and O–H groups in total. The Labute approximate surface area is 241 Å². The number of nitrogens with zero attached hydrogens (tertiary/aromatic N) is 1. The van der Waals surface area contributed by atoms with E-state index in [0.29, 0.717) is 0 Å². The highest BCUT2D eigenvalue weighted by Gasteiger charge is 2.30. The zero-order valence-electron chi connectivity index (χ0n) is 22.3. The predicted octanol–water partition coefficient (Wildman–Crippen LogP) is -2.17. The number of aliphatic carboxylic acids is 1. The lowest BCUT2D eigenvalue weighted by molar-refractivity contribution is -0.142. The van der Waals surface area contributed by atoms with Crippen LogP contribution < -0.4 is 38.9 Å². The number of benzene rings is 1. The smallest absolute Gasteiger partial charge is 0.326 e. The van der Waals surface area contributed by atoms with Gasteiger partial charge >= 0.3 is 5.97 Å². The molecule has 0 spiro atoms. The zero-order valence-corrected chi connectivity index (χ0v) is 23.2. The van der Waals surface area contributed by atoms with E-state index in [4.69, 9.17) is 22.9 Å². The molecule has 0 bridgehead atoms. The Morgan fingerprint density at radius 1 is 0.927 bits per heavy atom. The summed E-state index contributed by atoms with van der Waals surface area (Å²) in [6.45, 7) is 0.140. The SMILES string of the molecule is NC(=O)CCC(NC(=O)C(CCCN=C(N)N)NC(=O)C(CS)NC(=O)C(N)Cc1c[nH]c2ccccc12)C(=O)O. The second-order valence-electron chi connectivity index (χ2n) is 9.33. The Kier molecular flexibility index (Phi) is 12.9. The highest BCUT2D eigenvalue weighted by Crippen LogP contribution is 2.18. The molecule has 2 aromatic rings. The molecule has 0 fully saturated rings. The van der Waals surface area contributed by atoms with Gasteiger partial charge in [0.25, 0.3) is 0 Å². The van der Waals surface area contributed by atoms with Crippen LogP contribution in [0.5, 0.6) is 0 Å². The van der Waals surface area contributed by atoms with Gasteiger partial charge in [0.2, 0.25) is 23.6 Å². The quantitative estimate of drug-likeness (QED) is 0.0414. The van der Waals surface area contributed by atoms with E-state index in [-0.39, 0.29) is 50.4 Å². The Morgan fingerprint density at radius 3 is 2.20 bits per heavy atom. The molecular formula is C25H37N9O6S. The van der Waals surface area contributed by atoms with E-state index in [1.165, 1.54) is 0 Å². The number of hydrogen-bond acceptors (Lipinski definition) is 8. The maximum atomic E-state index is 13.1. The fourth-order valence-corrected chi connectivity index (χ4v) is 4.22. The average molecular weight is 592 g/mol. The molecular weight excluding hydrogens is 554 g/mol. The third kappa shape index (κ3) is 10.6. The minimum absolute atomic E-state index is 0.0316. The van der Waals surface area contributed by atoms with Gasteiger partial charge in [-0.15, -0.1) is 0 Å². The minimum Gasteiger partial charge on any atom is -0.480 e. The molecule has 1 aromatic heterocycles. The molecule has 0 aliphatic rings. The van der Waals surface area contributed by atoms with Crippen LogP contribution >= 0.6 is 12.6 Å². The summed E-state index contributed by atoms with van der Waals surface area (Å²) in [6, 6.07) is 2.77. The molecule has 4 atom stereocenters. The molecule has 0 aliphatic carbocycles.